The quantitative estimate of drug-likeness (QED) is 0.673. The smallest absolute Gasteiger partial charge is 0.319 e. The van der Waals surface area contributed by atoms with Crippen molar-refractivity contribution in [2.45, 2.75) is 6.10 Å². The van der Waals surface area contributed by atoms with Crippen LogP contribution in [0.5, 0.6) is 0 Å². The molecule has 0 aliphatic rings. The molecular formula is C10H12Cl2N2O3. The Morgan fingerprint density at radius 1 is 1.35 bits per heavy atom. The SMILES string of the molecule is O=C(NC[C@H](O)CO)Nc1ccc(Cl)c(Cl)c1. The Hall–Kier alpha value is -1.01. The number of nitrogens with one attached hydrogen (secondary N) is 2. The predicted octanol–water partition coefficient (Wildman–Crippen LogP) is 1.47. The first kappa shape index (κ1) is 14.1. The number of carbonyl (C=O) groups is 1. The lowest BCUT2D eigenvalue weighted by molar-refractivity contribution is 0.0965. The molecule has 0 fully saturated rings. The van der Waals surface area contributed by atoms with Gasteiger partial charge >= 0.3 is 6.03 Å². The van der Waals surface area contributed by atoms with Gasteiger partial charge in [0.2, 0.25) is 0 Å². The maximum atomic E-state index is 11.3. The van der Waals surface area contributed by atoms with Gasteiger partial charge in [-0.15, -0.1) is 0 Å². The molecule has 0 saturated heterocycles. The number of hydrogen-bond donors (Lipinski definition) is 4. The van der Waals surface area contributed by atoms with Crippen molar-refractivity contribution in [1.29, 1.82) is 0 Å². The number of aliphatic hydroxyl groups excluding tert-OH is 2. The number of halogens is 2. The van der Waals surface area contributed by atoms with Crippen LogP contribution in [0.15, 0.2) is 18.2 Å². The number of rotatable bonds is 4. The first-order chi connectivity index (χ1) is 8.02. The third-order valence-corrected chi connectivity index (χ3v) is 2.63. The summed E-state index contributed by atoms with van der Waals surface area (Å²) in [5.74, 6) is 0. The van der Waals surface area contributed by atoms with Crippen LogP contribution >= 0.6 is 23.2 Å². The molecule has 0 spiro atoms. The molecule has 0 aliphatic heterocycles. The maximum Gasteiger partial charge on any atom is 0.319 e. The molecule has 94 valence electrons. The molecule has 0 saturated carbocycles. The van der Waals surface area contributed by atoms with E-state index in [1.54, 1.807) is 12.1 Å². The number of aliphatic hydroxyl groups is 2. The maximum absolute atomic E-state index is 11.3. The van der Waals surface area contributed by atoms with E-state index < -0.39 is 18.7 Å². The van der Waals surface area contributed by atoms with Gasteiger partial charge in [-0.3, -0.25) is 0 Å². The topological polar surface area (TPSA) is 81.6 Å². The molecule has 1 rings (SSSR count). The number of urea groups is 1. The normalized spacial score (nSPS) is 12.0. The van der Waals surface area contributed by atoms with Crippen LogP contribution in [0.1, 0.15) is 0 Å². The Labute approximate surface area is 108 Å². The van der Waals surface area contributed by atoms with Crippen molar-refractivity contribution in [3.63, 3.8) is 0 Å². The molecule has 0 radical (unpaired) electrons. The summed E-state index contributed by atoms with van der Waals surface area (Å²) in [7, 11) is 0. The fraction of sp³-hybridized carbons (Fsp3) is 0.300. The fourth-order valence-electron chi connectivity index (χ4n) is 1.02. The summed E-state index contributed by atoms with van der Waals surface area (Å²) >= 11 is 11.5. The molecule has 1 aromatic carbocycles. The molecule has 1 atom stereocenters. The Morgan fingerprint density at radius 2 is 2.06 bits per heavy atom. The van der Waals surface area contributed by atoms with Crippen molar-refractivity contribution in [3.8, 4) is 0 Å². The lowest BCUT2D eigenvalue weighted by Gasteiger charge is -2.10. The summed E-state index contributed by atoms with van der Waals surface area (Å²) < 4.78 is 0. The molecule has 7 heteroatoms. The van der Waals surface area contributed by atoms with Crippen LogP contribution in [0.4, 0.5) is 10.5 Å². The fourth-order valence-corrected chi connectivity index (χ4v) is 1.32. The highest BCUT2D eigenvalue weighted by Crippen LogP contribution is 2.24. The number of benzene rings is 1. The summed E-state index contributed by atoms with van der Waals surface area (Å²) in [4.78, 5) is 11.3. The van der Waals surface area contributed by atoms with Gasteiger partial charge in [0.25, 0.3) is 0 Å². The van der Waals surface area contributed by atoms with Gasteiger partial charge in [0.05, 0.1) is 22.8 Å². The number of hydrogen-bond acceptors (Lipinski definition) is 3. The van der Waals surface area contributed by atoms with E-state index in [9.17, 15) is 4.79 Å². The Morgan fingerprint density at radius 3 is 2.65 bits per heavy atom. The van der Waals surface area contributed by atoms with Crippen molar-refractivity contribution in [2.24, 2.45) is 0 Å². The zero-order chi connectivity index (χ0) is 12.8. The van der Waals surface area contributed by atoms with E-state index in [0.29, 0.717) is 15.7 Å². The van der Waals surface area contributed by atoms with Crippen LogP contribution in [-0.4, -0.2) is 35.5 Å². The second kappa shape index (κ2) is 6.66. The molecular weight excluding hydrogens is 267 g/mol. The summed E-state index contributed by atoms with van der Waals surface area (Å²) in [6.45, 7) is -0.448. The first-order valence-corrected chi connectivity index (χ1v) is 5.57. The molecule has 0 aromatic heterocycles. The van der Waals surface area contributed by atoms with E-state index in [-0.39, 0.29) is 6.54 Å². The summed E-state index contributed by atoms with van der Waals surface area (Å²) in [6, 6.07) is 4.15. The van der Waals surface area contributed by atoms with Gasteiger partial charge in [-0.05, 0) is 18.2 Å². The van der Waals surface area contributed by atoms with Gasteiger partial charge in [-0.25, -0.2) is 4.79 Å². The monoisotopic (exact) mass is 278 g/mol. The number of carbonyl (C=O) groups excluding carboxylic acids is 1. The average molecular weight is 279 g/mol. The van der Waals surface area contributed by atoms with Gasteiger partial charge < -0.3 is 20.8 Å². The molecule has 0 unspecified atom stereocenters. The van der Waals surface area contributed by atoms with E-state index >= 15 is 0 Å². The van der Waals surface area contributed by atoms with Crippen LogP contribution in [-0.2, 0) is 0 Å². The number of anilines is 1. The zero-order valence-corrected chi connectivity index (χ0v) is 10.3. The van der Waals surface area contributed by atoms with Gasteiger partial charge in [0.1, 0.15) is 0 Å². The largest absolute Gasteiger partial charge is 0.394 e. The number of amides is 2. The van der Waals surface area contributed by atoms with E-state index in [1.807, 2.05) is 0 Å². The van der Waals surface area contributed by atoms with Crippen LogP contribution in [0.3, 0.4) is 0 Å². The van der Waals surface area contributed by atoms with E-state index in [1.165, 1.54) is 6.07 Å². The van der Waals surface area contributed by atoms with E-state index in [2.05, 4.69) is 10.6 Å². The minimum Gasteiger partial charge on any atom is -0.394 e. The van der Waals surface area contributed by atoms with Crippen molar-refractivity contribution >= 4 is 34.9 Å². The van der Waals surface area contributed by atoms with Crippen molar-refractivity contribution < 1.29 is 15.0 Å². The summed E-state index contributed by atoms with van der Waals surface area (Å²) in [6.07, 6.45) is -0.977. The molecule has 0 heterocycles. The minimum atomic E-state index is -0.977. The second-order valence-electron chi connectivity index (χ2n) is 3.30. The van der Waals surface area contributed by atoms with Crippen LogP contribution in [0.25, 0.3) is 0 Å². The van der Waals surface area contributed by atoms with Gasteiger partial charge in [0.15, 0.2) is 0 Å². The highest BCUT2D eigenvalue weighted by atomic mass is 35.5. The molecule has 5 nitrogen and oxygen atoms in total. The molecule has 1 aromatic rings. The summed E-state index contributed by atoms with van der Waals surface area (Å²) in [5.41, 5.74) is 0.482. The first-order valence-electron chi connectivity index (χ1n) is 4.81. The third kappa shape index (κ3) is 4.79. The van der Waals surface area contributed by atoms with Gasteiger partial charge in [-0.1, -0.05) is 23.2 Å². The van der Waals surface area contributed by atoms with Crippen LogP contribution in [0.2, 0.25) is 10.0 Å². The molecule has 0 aliphatic carbocycles. The average Bonchev–Trinajstić information content (AvgIpc) is 2.31. The highest BCUT2D eigenvalue weighted by molar-refractivity contribution is 6.42. The molecule has 4 N–H and O–H groups in total. The molecule has 0 bridgehead atoms. The lowest BCUT2D eigenvalue weighted by atomic mass is 10.3. The third-order valence-electron chi connectivity index (χ3n) is 1.89. The second-order valence-corrected chi connectivity index (χ2v) is 4.11. The van der Waals surface area contributed by atoms with Crippen molar-refractivity contribution in [3.05, 3.63) is 28.2 Å². The predicted molar refractivity (Wildman–Crippen MR) is 66.6 cm³/mol. The van der Waals surface area contributed by atoms with Gasteiger partial charge in [-0.2, -0.15) is 0 Å². The van der Waals surface area contributed by atoms with E-state index in [4.69, 9.17) is 33.4 Å². The summed E-state index contributed by atoms with van der Waals surface area (Å²) in [5, 5.41) is 23.2. The zero-order valence-electron chi connectivity index (χ0n) is 8.78. The van der Waals surface area contributed by atoms with Gasteiger partial charge in [0, 0.05) is 12.2 Å². The molecule has 17 heavy (non-hydrogen) atoms. The Kier molecular flexibility index (Phi) is 5.50. The lowest BCUT2D eigenvalue weighted by Crippen LogP contribution is -2.36. The Balaban J connectivity index is 2.48. The standard InChI is InChI=1S/C10H12Cl2N2O3/c11-8-2-1-6(3-9(8)12)14-10(17)13-4-7(16)5-15/h1-3,7,15-16H,4-5H2,(H2,13,14,17)/t7-/m0/s1. The Bertz CT molecular complexity index is 401. The van der Waals surface area contributed by atoms with Crippen LogP contribution in [0, 0.1) is 0 Å². The highest BCUT2D eigenvalue weighted by Gasteiger charge is 2.06. The van der Waals surface area contributed by atoms with E-state index in [0.717, 1.165) is 0 Å². The van der Waals surface area contributed by atoms with Crippen molar-refractivity contribution in [2.75, 3.05) is 18.5 Å². The van der Waals surface area contributed by atoms with Crippen molar-refractivity contribution in [1.82, 2.24) is 5.32 Å². The minimum absolute atomic E-state index is 0.0380. The molecule has 2 amide bonds. The van der Waals surface area contributed by atoms with Crippen LogP contribution < -0.4 is 10.6 Å².